The number of carbonyl (C=O) groups is 1. The van der Waals surface area contributed by atoms with Crippen molar-refractivity contribution >= 4 is 67.6 Å². The van der Waals surface area contributed by atoms with Gasteiger partial charge >= 0.3 is 5.97 Å². The molecule has 0 fully saturated rings. The largest absolute Gasteiger partial charge is 0.489 e. The minimum Gasteiger partial charge on any atom is -0.489 e. The molecule has 6 nitrogen and oxygen atoms in total. The molecule has 1 atom stereocenters. The SMILES string of the molecule is CCOC(=O)C1=C(c2ccccc2)N=c2s/c(=C\c3cc(Br)cc(I)c3OC(C)C)c(=O)n2[C@H]1c1ccccc1. The Morgan fingerprint density at radius 3 is 2.45 bits per heavy atom. The number of hydrogen-bond donors (Lipinski definition) is 0. The van der Waals surface area contributed by atoms with Gasteiger partial charge in [0.15, 0.2) is 4.80 Å². The minimum atomic E-state index is -0.706. The third kappa shape index (κ3) is 5.73. The van der Waals surface area contributed by atoms with Crippen LogP contribution in [0.1, 0.15) is 43.5 Å². The number of ether oxygens (including phenoxy) is 2. The first-order valence-electron chi connectivity index (χ1n) is 12.8. The molecule has 5 rings (SSSR count). The third-order valence-corrected chi connectivity index (χ3v) is 8.41. The van der Waals surface area contributed by atoms with Gasteiger partial charge in [-0.3, -0.25) is 9.36 Å². The predicted octanol–water partition coefficient (Wildman–Crippen LogP) is 6.09. The van der Waals surface area contributed by atoms with Gasteiger partial charge in [-0.05, 0) is 67.1 Å². The van der Waals surface area contributed by atoms with Gasteiger partial charge < -0.3 is 9.47 Å². The lowest BCUT2D eigenvalue weighted by Gasteiger charge is -2.25. The maximum absolute atomic E-state index is 14.1. The van der Waals surface area contributed by atoms with Gasteiger partial charge in [-0.15, -0.1) is 0 Å². The summed E-state index contributed by atoms with van der Waals surface area (Å²) in [6.45, 7) is 5.91. The molecule has 0 spiro atoms. The monoisotopic (exact) mass is 728 g/mol. The number of halogens is 2. The van der Waals surface area contributed by atoms with E-state index in [4.69, 9.17) is 14.5 Å². The highest BCUT2D eigenvalue weighted by Gasteiger charge is 2.35. The van der Waals surface area contributed by atoms with Crippen molar-refractivity contribution in [3.63, 3.8) is 0 Å². The molecule has 1 aliphatic rings. The number of thiazole rings is 1. The lowest BCUT2D eigenvalue weighted by molar-refractivity contribution is -0.138. The van der Waals surface area contributed by atoms with E-state index in [9.17, 15) is 9.59 Å². The van der Waals surface area contributed by atoms with Crippen molar-refractivity contribution in [3.8, 4) is 5.75 Å². The van der Waals surface area contributed by atoms with Gasteiger partial charge in [0.1, 0.15) is 5.75 Å². The first kappa shape index (κ1) is 28.5. The van der Waals surface area contributed by atoms with E-state index in [1.807, 2.05) is 92.7 Å². The van der Waals surface area contributed by atoms with E-state index in [0.29, 0.717) is 26.4 Å². The van der Waals surface area contributed by atoms with Gasteiger partial charge in [0.05, 0.1) is 38.1 Å². The Bertz CT molecular complexity index is 1780. The first-order valence-corrected chi connectivity index (χ1v) is 15.5. The summed E-state index contributed by atoms with van der Waals surface area (Å²) in [5.74, 6) is 0.212. The molecule has 3 aromatic carbocycles. The molecular weight excluding hydrogens is 703 g/mol. The number of fused-ring (bicyclic) bond motifs is 1. The molecule has 0 aliphatic carbocycles. The summed E-state index contributed by atoms with van der Waals surface area (Å²) >= 11 is 7.11. The van der Waals surface area contributed by atoms with Crippen molar-refractivity contribution in [1.29, 1.82) is 0 Å². The zero-order valence-electron chi connectivity index (χ0n) is 22.1. The number of rotatable bonds is 7. The summed E-state index contributed by atoms with van der Waals surface area (Å²) in [5.41, 5.74) is 2.94. The van der Waals surface area contributed by atoms with E-state index in [2.05, 4.69) is 38.5 Å². The molecule has 1 aromatic heterocycles. The van der Waals surface area contributed by atoms with Crippen LogP contribution < -0.4 is 19.6 Å². The van der Waals surface area contributed by atoms with E-state index in [0.717, 1.165) is 24.7 Å². The third-order valence-electron chi connectivity index (χ3n) is 6.17. The Morgan fingerprint density at radius 2 is 1.80 bits per heavy atom. The Kier molecular flexibility index (Phi) is 8.72. The van der Waals surface area contributed by atoms with Crippen LogP contribution in [0.4, 0.5) is 0 Å². The van der Waals surface area contributed by atoms with E-state index < -0.39 is 12.0 Å². The summed E-state index contributed by atoms with van der Waals surface area (Å²) < 4.78 is 15.6. The van der Waals surface area contributed by atoms with Crippen LogP contribution in [0, 0.1) is 3.57 Å². The molecule has 0 saturated carbocycles. The van der Waals surface area contributed by atoms with Crippen molar-refractivity contribution in [1.82, 2.24) is 4.57 Å². The quantitative estimate of drug-likeness (QED) is 0.171. The fourth-order valence-electron chi connectivity index (χ4n) is 4.58. The minimum absolute atomic E-state index is 0.0401. The summed E-state index contributed by atoms with van der Waals surface area (Å²) in [6, 6.07) is 22.3. The molecule has 0 saturated heterocycles. The molecule has 0 bridgehead atoms. The Morgan fingerprint density at radius 1 is 1.12 bits per heavy atom. The van der Waals surface area contributed by atoms with Crippen LogP contribution in [-0.4, -0.2) is 23.2 Å². The molecule has 204 valence electrons. The topological polar surface area (TPSA) is 69.9 Å². The molecule has 0 radical (unpaired) electrons. The van der Waals surface area contributed by atoms with Crippen LogP contribution in [0.25, 0.3) is 11.8 Å². The maximum Gasteiger partial charge on any atom is 0.338 e. The van der Waals surface area contributed by atoms with Crippen LogP contribution in [0.5, 0.6) is 5.75 Å². The molecule has 40 heavy (non-hydrogen) atoms. The zero-order valence-corrected chi connectivity index (χ0v) is 26.6. The number of nitrogens with zero attached hydrogens (tertiary/aromatic N) is 2. The summed E-state index contributed by atoms with van der Waals surface area (Å²) in [4.78, 5) is 33.1. The van der Waals surface area contributed by atoms with Gasteiger partial charge in [0, 0.05) is 15.6 Å². The molecule has 4 aromatic rings. The molecular formula is C31H26BrIN2O4S. The Hall–Kier alpha value is -3.02. The molecule has 1 aliphatic heterocycles. The fourth-order valence-corrected chi connectivity index (χ4v) is 7.25. The predicted molar refractivity (Wildman–Crippen MR) is 170 cm³/mol. The second-order valence-electron chi connectivity index (χ2n) is 9.31. The fraction of sp³-hybridized carbons (Fsp3) is 0.194. The summed E-state index contributed by atoms with van der Waals surface area (Å²) in [7, 11) is 0. The number of aromatic nitrogens is 1. The van der Waals surface area contributed by atoms with Crippen LogP contribution in [-0.2, 0) is 9.53 Å². The van der Waals surface area contributed by atoms with E-state index >= 15 is 0 Å². The van der Waals surface area contributed by atoms with Crippen LogP contribution >= 0.6 is 49.9 Å². The second kappa shape index (κ2) is 12.2. The van der Waals surface area contributed by atoms with Crippen molar-refractivity contribution in [2.75, 3.05) is 6.61 Å². The highest BCUT2D eigenvalue weighted by atomic mass is 127. The maximum atomic E-state index is 14.1. The lowest BCUT2D eigenvalue weighted by atomic mass is 9.93. The smallest absolute Gasteiger partial charge is 0.338 e. The Balaban J connectivity index is 1.82. The molecule has 0 N–H and O–H groups in total. The van der Waals surface area contributed by atoms with Crippen molar-refractivity contribution < 1.29 is 14.3 Å². The van der Waals surface area contributed by atoms with Crippen molar-refractivity contribution in [3.05, 3.63) is 123 Å². The van der Waals surface area contributed by atoms with E-state index in [1.165, 1.54) is 11.3 Å². The number of esters is 1. The van der Waals surface area contributed by atoms with E-state index in [1.54, 1.807) is 11.5 Å². The number of carbonyl (C=O) groups excluding carboxylic acids is 1. The highest BCUT2D eigenvalue weighted by molar-refractivity contribution is 14.1. The summed E-state index contributed by atoms with van der Waals surface area (Å²) in [5, 5.41) is 0. The van der Waals surface area contributed by atoms with Crippen molar-refractivity contribution in [2.45, 2.75) is 32.9 Å². The normalized spacial score (nSPS) is 15.2. The van der Waals surface area contributed by atoms with Gasteiger partial charge in [-0.25, -0.2) is 9.79 Å². The average molecular weight is 729 g/mol. The molecule has 9 heteroatoms. The molecule has 0 amide bonds. The lowest BCUT2D eigenvalue weighted by Crippen LogP contribution is -2.40. The van der Waals surface area contributed by atoms with Crippen LogP contribution in [0.3, 0.4) is 0 Å². The van der Waals surface area contributed by atoms with Gasteiger partial charge in [-0.1, -0.05) is 87.9 Å². The zero-order chi connectivity index (χ0) is 28.4. The summed E-state index contributed by atoms with van der Waals surface area (Å²) in [6.07, 6.45) is 1.80. The van der Waals surface area contributed by atoms with Gasteiger partial charge in [0.25, 0.3) is 5.56 Å². The second-order valence-corrected chi connectivity index (χ2v) is 12.4. The standard InChI is InChI=1S/C31H26BrIN2O4S/c1-4-38-30(37)25-26(19-11-7-5-8-12-19)34-31-35(27(25)20-13-9-6-10-14-20)29(36)24(40-31)16-21-15-22(32)17-23(33)28(21)39-18(2)3/h5-18,27H,4H2,1-3H3/b24-16-/t27-/m0/s1. The molecule has 2 heterocycles. The van der Waals surface area contributed by atoms with E-state index in [-0.39, 0.29) is 18.3 Å². The average Bonchev–Trinajstić information content (AvgIpc) is 3.25. The first-order chi connectivity index (χ1) is 19.3. The van der Waals surface area contributed by atoms with Crippen LogP contribution in [0.15, 0.2) is 92.6 Å². The van der Waals surface area contributed by atoms with Crippen LogP contribution in [0.2, 0.25) is 0 Å². The molecule has 0 unspecified atom stereocenters. The van der Waals surface area contributed by atoms with Gasteiger partial charge in [-0.2, -0.15) is 0 Å². The number of hydrogen-bond acceptors (Lipinski definition) is 6. The Labute approximate surface area is 258 Å². The highest BCUT2D eigenvalue weighted by Crippen LogP contribution is 2.35. The number of benzene rings is 3. The van der Waals surface area contributed by atoms with Crippen molar-refractivity contribution in [2.24, 2.45) is 4.99 Å². The van der Waals surface area contributed by atoms with Gasteiger partial charge in [0.2, 0.25) is 0 Å².